The first-order chi connectivity index (χ1) is 15.9. The van der Waals surface area contributed by atoms with Crippen molar-refractivity contribution in [3.05, 3.63) is 39.7 Å². The number of carbonyl (C=O) groups excluding carboxylic acids is 1. The van der Waals surface area contributed by atoms with Gasteiger partial charge in [0, 0.05) is 36.0 Å². The number of benzene rings is 1. The van der Waals surface area contributed by atoms with E-state index < -0.39 is 5.60 Å². The number of rotatable bonds is 8. The van der Waals surface area contributed by atoms with E-state index in [-0.39, 0.29) is 24.1 Å². The largest absolute Gasteiger partial charge is 0.484 e. The molecule has 1 aromatic heterocycles. The second kappa shape index (κ2) is 10.3. The fourth-order valence-electron chi connectivity index (χ4n) is 5.52. The van der Waals surface area contributed by atoms with Gasteiger partial charge in [-0.05, 0) is 56.7 Å². The van der Waals surface area contributed by atoms with Crippen molar-refractivity contribution in [3.63, 3.8) is 0 Å². The molecule has 0 bridgehead atoms. The van der Waals surface area contributed by atoms with Gasteiger partial charge in [0.1, 0.15) is 11.3 Å². The summed E-state index contributed by atoms with van der Waals surface area (Å²) in [5.41, 5.74) is 1.34. The third-order valence-electron chi connectivity index (χ3n) is 7.68. The van der Waals surface area contributed by atoms with Crippen LogP contribution in [-0.2, 0) is 11.2 Å². The molecule has 6 nitrogen and oxygen atoms in total. The van der Waals surface area contributed by atoms with Gasteiger partial charge in [-0.2, -0.15) is 0 Å². The molecule has 0 radical (unpaired) electrons. The Balaban J connectivity index is 1.39. The number of aliphatic hydroxyl groups is 1. The molecule has 1 saturated carbocycles. The van der Waals surface area contributed by atoms with Crippen molar-refractivity contribution in [2.45, 2.75) is 83.7 Å². The maximum atomic E-state index is 12.8. The van der Waals surface area contributed by atoms with Gasteiger partial charge in [0.25, 0.3) is 5.91 Å². The van der Waals surface area contributed by atoms with E-state index in [0.717, 1.165) is 67.9 Å². The maximum absolute atomic E-state index is 12.8. The summed E-state index contributed by atoms with van der Waals surface area (Å²) in [6.07, 6.45) is 9.84. The number of likely N-dealkylation sites (tertiary alicyclic amines) is 1. The standard InChI is InChI=1S/C27H37NO5/c1-3-4-5-6-10-23-19(2)22-12-11-21(16-24(22)33-26(23)30)32-18-25(29)28-15-14-27(31)13-8-7-9-20(27)17-28/h11-12,16,20,31H,3-10,13-15,17-18H2,1-2H3/t20-,27+/m1/s1. The van der Waals surface area contributed by atoms with Crippen LogP contribution in [0.5, 0.6) is 5.75 Å². The predicted molar refractivity (Wildman–Crippen MR) is 129 cm³/mol. The number of fused-ring (bicyclic) bond motifs is 2. The number of hydrogen-bond donors (Lipinski definition) is 1. The molecule has 1 amide bonds. The van der Waals surface area contributed by atoms with E-state index in [1.54, 1.807) is 6.07 Å². The minimum absolute atomic E-state index is 0.0601. The molecule has 1 aliphatic carbocycles. The van der Waals surface area contributed by atoms with E-state index >= 15 is 0 Å². The Kier molecular flexibility index (Phi) is 7.42. The van der Waals surface area contributed by atoms with Crippen molar-refractivity contribution in [1.82, 2.24) is 4.90 Å². The Hall–Kier alpha value is -2.34. The van der Waals surface area contributed by atoms with E-state index in [0.29, 0.717) is 30.8 Å². The average molecular weight is 456 g/mol. The van der Waals surface area contributed by atoms with Crippen LogP contribution in [0.2, 0.25) is 0 Å². The van der Waals surface area contributed by atoms with Gasteiger partial charge < -0.3 is 19.2 Å². The van der Waals surface area contributed by atoms with Gasteiger partial charge in [0.15, 0.2) is 6.61 Å². The van der Waals surface area contributed by atoms with Crippen LogP contribution >= 0.6 is 0 Å². The Labute approximate surface area is 195 Å². The summed E-state index contributed by atoms with van der Waals surface area (Å²) < 4.78 is 11.4. The smallest absolute Gasteiger partial charge is 0.339 e. The van der Waals surface area contributed by atoms with Crippen molar-refractivity contribution < 1.29 is 19.1 Å². The zero-order valence-corrected chi connectivity index (χ0v) is 20.0. The van der Waals surface area contributed by atoms with Crippen molar-refractivity contribution in [2.75, 3.05) is 19.7 Å². The Morgan fingerprint density at radius 2 is 2.09 bits per heavy atom. The van der Waals surface area contributed by atoms with Gasteiger partial charge in [-0.15, -0.1) is 0 Å². The highest BCUT2D eigenvalue weighted by Gasteiger charge is 2.43. The number of piperidine rings is 1. The number of nitrogens with zero attached hydrogens (tertiary/aromatic N) is 1. The molecule has 4 rings (SSSR count). The van der Waals surface area contributed by atoms with Crippen LogP contribution in [0.15, 0.2) is 27.4 Å². The summed E-state index contributed by atoms with van der Waals surface area (Å²) in [6, 6.07) is 5.44. The second-order valence-corrected chi connectivity index (χ2v) is 9.89. The highest BCUT2D eigenvalue weighted by atomic mass is 16.5. The van der Waals surface area contributed by atoms with Crippen molar-refractivity contribution in [3.8, 4) is 5.75 Å². The number of carbonyl (C=O) groups is 1. The lowest BCUT2D eigenvalue weighted by Gasteiger charge is -2.47. The van der Waals surface area contributed by atoms with Gasteiger partial charge >= 0.3 is 5.63 Å². The molecule has 180 valence electrons. The molecule has 0 spiro atoms. The molecule has 1 N–H and O–H groups in total. The average Bonchev–Trinajstić information content (AvgIpc) is 2.81. The number of amides is 1. The zero-order valence-electron chi connectivity index (χ0n) is 20.0. The minimum Gasteiger partial charge on any atom is -0.484 e. The second-order valence-electron chi connectivity index (χ2n) is 9.89. The van der Waals surface area contributed by atoms with Crippen molar-refractivity contribution in [2.24, 2.45) is 5.92 Å². The topological polar surface area (TPSA) is 80.0 Å². The van der Waals surface area contributed by atoms with Crippen molar-refractivity contribution in [1.29, 1.82) is 0 Å². The van der Waals surface area contributed by atoms with Crippen LogP contribution in [0.3, 0.4) is 0 Å². The summed E-state index contributed by atoms with van der Waals surface area (Å²) >= 11 is 0. The molecule has 2 aromatic rings. The molecular formula is C27H37NO5. The predicted octanol–water partition coefficient (Wildman–Crippen LogP) is 4.76. The van der Waals surface area contributed by atoms with Crippen LogP contribution in [-0.4, -0.2) is 41.2 Å². The molecule has 1 aromatic carbocycles. The third kappa shape index (κ3) is 5.26. The number of unbranched alkanes of at least 4 members (excludes halogenated alkanes) is 3. The molecule has 33 heavy (non-hydrogen) atoms. The fourth-order valence-corrected chi connectivity index (χ4v) is 5.52. The van der Waals surface area contributed by atoms with Gasteiger partial charge in [-0.1, -0.05) is 39.0 Å². The highest BCUT2D eigenvalue weighted by molar-refractivity contribution is 5.82. The monoisotopic (exact) mass is 455 g/mol. The van der Waals surface area contributed by atoms with E-state index in [1.807, 2.05) is 24.0 Å². The van der Waals surface area contributed by atoms with Crippen molar-refractivity contribution >= 4 is 16.9 Å². The van der Waals surface area contributed by atoms with Gasteiger partial charge in [-0.3, -0.25) is 4.79 Å². The summed E-state index contributed by atoms with van der Waals surface area (Å²) in [5, 5.41) is 11.7. The zero-order chi connectivity index (χ0) is 23.4. The summed E-state index contributed by atoms with van der Waals surface area (Å²) in [5.74, 6) is 0.612. The van der Waals surface area contributed by atoms with Gasteiger partial charge in [0.05, 0.1) is 5.60 Å². The first-order valence-corrected chi connectivity index (χ1v) is 12.6. The van der Waals surface area contributed by atoms with Crippen LogP contribution in [0.4, 0.5) is 0 Å². The summed E-state index contributed by atoms with van der Waals surface area (Å²) in [4.78, 5) is 27.1. The molecule has 2 atom stereocenters. The molecule has 0 unspecified atom stereocenters. The van der Waals surface area contributed by atoms with E-state index in [4.69, 9.17) is 9.15 Å². The quantitative estimate of drug-likeness (QED) is 0.459. The van der Waals surface area contributed by atoms with Gasteiger partial charge in [-0.25, -0.2) is 4.79 Å². The van der Waals surface area contributed by atoms with Crippen LogP contribution < -0.4 is 10.4 Å². The Morgan fingerprint density at radius 3 is 2.91 bits per heavy atom. The van der Waals surface area contributed by atoms with E-state index in [1.165, 1.54) is 6.42 Å². The lowest BCUT2D eigenvalue weighted by atomic mass is 9.71. The highest BCUT2D eigenvalue weighted by Crippen LogP contribution is 2.39. The van der Waals surface area contributed by atoms with Crippen LogP contribution in [0.1, 0.15) is 75.8 Å². The van der Waals surface area contributed by atoms with Crippen LogP contribution in [0, 0.1) is 12.8 Å². The normalized spacial score (nSPS) is 22.9. The SMILES string of the molecule is CCCCCCc1c(C)c2ccc(OCC(=O)N3CC[C@@]4(O)CCCC[C@@H]4C3)cc2oc1=O. The number of aryl methyl sites for hydroxylation is 1. The third-order valence-corrected chi connectivity index (χ3v) is 7.68. The lowest BCUT2D eigenvalue weighted by Crippen LogP contribution is -2.55. The number of ether oxygens (including phenoxy) is 1. The molecular weight excluding hydrogens is 418 g/mol. The fraction of sp³-hybridized carbons (Fsp3) is 0.630. The molecule has 1 saturated heterocycles. The minimum atomic E-state index is -0.599. The summed E-state index contributed by atoms with van der Waals surface area (Å²) in [6.45, 7) is 5.26. The first kappa shape index (κ1) is 23.8. The Morgan fingerprint density at radius 1 is 1.24 bits per heavy atom. The lowest BCUT2D eigenvalue weighted by molar-refractivity contribution is -0.145. The van der Waals surface area contributed by atoms with Crippen LogP contribution in [0.25, 0.3) is 11.0 Å². The molecule has 2 heterocycles. The van der Waals surface area contributed by atoms with E-state index in [2.05, 4.69) is 6.92 Å². The maximum Gasteiger partial charge on any atom is 0.339 e. The molecule has 1 aliphatic heterocycles. The Bertz CT molecular complexity index is 1040. The number of hydrogen-bond acceptors (Lipinski definition) is 5. The summed E-state index contributed by atoms with van der Waals surface area (Å²) in [7, 11) is 0. The van der Waals surface area contributed by atoms with E-state index in [9.17, 15) is 14.7 Å². The molecule has 2 aliphatic rings. The molecule has 2 fully saturated rings. The molecule has 6 heteroatoms. The van der Waals surface area contributed by atoms with Gasteiger partial charge in [0.2, 0.25) is 0 Å². The first-order valence-electron chi connectivity index (χ1n) is 12.6.